The zero-order valence-electron chi connectivity index (χ0n) is 12.3. The number of hydrogen-bond donors (Lipinski definition) is 1. The number of rotatable bonds is 1. The van der Waals surface area contributed by atoms with E-state index in [1.165, 1.54) is 38.2 Å². The molecule has 0 aromatic heterocycles. The first kappa shape index (κ1) is 14.7. The van der Waals surface area contributed by atoms with Crippen molar-refractivity contribution in [1.82, 2.24) is 4.90 Å². The van der Waals surface area contributed by atoms with Gasteiger partial charge in [0.15, 0.2) is 0 Å². The molecule has 4 heteroatoms. The molecule has 3 rings (SSSR count). The van der Waals surface area contributed by atoms with Crippen LogP contribution in [0.5, 0.6) is 5.75 Å². The van der Waals surface area contributed by atoms with E-state index < -0.39 is 0 Å². The second kappa shape index (κ2) is 5.88. The van der Waals surface area contributed by atoms with Crippen molar-refractivity contribution in [1.29, 1.82) is 0 Å². The molecule has 3 nitrogen and oxygen atoms in total. The minimum absolute atomic E-state index is 0.0213. The molecule has 0 bridgehead atoms. The van der Waals surface area contributed by atoms with E-state index in [9.17, 15) is 9.90 Å². The van der Waals surface area contributed by atoms with Crippen LogP contribution in [0.4, 0.5) is 0 Å². The highest BCUT2D eigenvalue weighted by Gasteiger charge is 2.36. The van der Waals surface area contributed by atoms with Crippen molar-refractivity contribution < 1.29 is 9.90 Å². The van der Waals surface area contributed by atoms with Crippen molar-refractivity contribution in [3.63, 3.8) is 0 Å². The molecule has 0 unspecified atom stereocenters. The van der Waals surface area contributed by atoms with Gasteiger partial charge < -0.3 is 10.0 Å². The van der Waals surface area contributed by atoms with Gasteiger partial charge in [0.05, 0.1) is 5.02 Å². The molecule has 1 saturated heterocycles. The largest absolute Gasteiger partial charge is 0.506 e. The third-order valence-corrected chi connectivity index (χ3v) is 5.52. The van der Waals surface area contributed by atoms with Crippen molar-refractivity contribution in [3.05, 3.63) is 28.8 Å². The summed E-state index contributed by atoms with van der Waals surface area (Å²) in [4.78, 5) is 14.5. The third kappa shape index (κ3) is 3.03. The van der Waals surface area contributed by atoms with Crippen LogP contribution in [-0.2, 0) is 0 Å². The molecule has 2 aliphatic rings. The molecule has 1 spiro atoms. The SMILES string of the molecule is O=C(c1ccc(O)c(Cl)c1)N1CCC2(CCCCC2)CC1. The Morgan fingerprint density at radius 1 is 1.10 bits per heavy atom. The molecule has 1 aliphatic heterocycles. The van der Waals surface area contributed by atoms with Gasteiger partial charge in [0, 0.05) is 18.7 Å². The summed E-state index contributed by atoms with van der Waals surface area (Å²) in [6.45, 7) is 1.69. The highest BCUT2D eigenvalue weighted by atomic mass is 35.5. The predicted octanol–water partition coefficient (Wildman–Crippen LogP) is 4.23. The summed E-state index contributed by atoms with van der Waals surface area (Å²) in [5, 5.41) is 9.68. The van der Waals surface area contributed by atoms with Crippen molar-refractivity contribution in [2.24, 2.45) is 5.41 Å². The number of carbonyl (C=O) groups excluding carboxylic acids is 1. The van der Waals surface area contributed by atoms with Gasteiger partial charge in [0.2, 0.25) is 0 Å². The number of aromatic hydroxyl groups is 1. The molecule has 2 fully saturated rings. The third-order valence-electron chi connectivity index (χ3n) is 5.22. The van der Waals surface area contributed by atoms with Crippen LogP contribution >= 0.6 is 11.6 Å². The number of carbonyl (C=O) groups is 1. The molecule has 1 aromatic rings. The van der Waals surface area contributed by atoms with Gasteiger partial charge in [0.25, 0.3) is 5.91 Å². The molecule has 1 aromatic carbocycles. The Morgan fingerprint density at radius 3 is 2.38 bits per heavy atom. The summed E-state index contributed by atoms with van der Waals surface area (Å²) < 4.78 is 0. The second-order valence-electron chi connectivity index (χ2n) is 6.52. The molecule has 1 amide bonds. The summed E-state index contributed by atoms with van der Waals surface area (Å²) in [7, 11) is 0. The molecule has 1 saturated carbocycles. The van der Waals surface area contributed by atoms with Gasteiger partial charge in [-0.25, -0.2) is 0 Å². The number of hydrogen-bond acceptors (Lipinski definition) is 2. The summed E-state index contributed by atoms with van der Waals surface area (Å²) in [5.41, 5.74) is 1.07. The fraction of sp³-hybridized carbons (Fsp3) is 0.588. The number of benzene rings is 1. The van der Waals surface area contributed by atoms with E-state index in [-0.39, 0.29) is 16.7 Å². The lowest BCUT2D eigenvalue weighted by Crippen LogP contribution is -2.43. The van der Waals surface area contributed by atoms with Crippen LogP contribution in [0.15, 0.2) is 18.2 Å². The van der Waals surface area contributed by atoms with Gasteiger partial charge in [-0.1, -0.05) is 30.9 Å². The predicted molar refractivity (Wildman–Crippen MR) is 83.8 cm³/mol. The van der Waals surface area contributed by atoms with E-state index in [2.05, 4.69) is 0 Å². The standard InChI is InChI=1S/C17H22ClNO2/c18-14-12-13(4-5-15(14)20)16(21)19-10-8-17(9-11-19)6-2-1-3-7-17/h4-5,12,20H,1-3,6-11H2. The Hall–Kier alpha value is -1.22. The average Bonchev–Trinajstić information content (AvgIpc) is 2.51. The molecular formula is C17H22ClNO2. The minimum atomic E-state index is 0.0213. The van der Waals surface area contributed by atoms with E-state index in [1.54, 1.807) is 12.1 Å². The van der Waals surface area contributed by atoms with E-state index in [0.717, 1.165) is 25.9 Å². The lowest BCUT2D eigenvalue weighted by molar-refractivity contribution is 0.0472. The Kier molecular flexibility index (Phi) is 4.12. The van der Waals surface area contributed by atoms with E-state index in [1.807, 2.05) is 4.90 Å². The smallest absolute Gasteiger partial charge is 0.253 e. The topological polar surface area (TPSA) is 40.5 Å². The first-order valence-electron chi connectivity index (χ1n) is 7.88. The molecular weight excluding hydrogens is 286 g/mol. The molecule has 114 valence electrons. The van der Waals surface area contributed by atoms with Gasteiger partial charge in [-0.15, -0.1) is 0 Å². The number of amides is 1. The van der Waals surface area contributed by atoms with Crippen molar-refractivity contribution in [2.75, 3.05) is 13.1 Å². The van der Waals surface area contributed by atoms with Crippen LogP contribution in [0.1, 0.15) is 55.3 Å². The monoisotopic (exact) mass is 307 g/mol. The Bertz CT molecular complexity index is 528. The maximum atomic E-state index is 12.5. The first-order valence-corrected chi connectivity index (χ1v) is 8.25. The van der Waals surface area contributed by atoms with Gasteiger partial charge in [0.1, 0.15) is 5.75 Å². The first-order chi connectivity index (χ1) is 10.1. The number of likely N-dealkylation sites (tertiary alicyclic amines) is 1. The second-order valence-corrected chi connectivity index (χ2v) is 6.93. The van der Waals surface area contributed by atoms with Crippen LogP contribution < -0.4 is 0 Å². The quantitative estimate of drug-likeness (QED) is 0.843. The lowest BCUT2D eigenvalue weighted by Gasteiger charge is -2.44. The highest BCUT2D eigenvalue weighted by molar-refractivity contribution is 6.32. The van der Waals surface area contributed by atoms with Crippen LogP contribution in [0, 0.1) is 5.41 Å². The van der Waals surface area contributed by atoms with Crippen LogP contribution in [0.2, 0.25) is 5.02 Å². The number of halogens is 1. The van der Waals surface area contributed by atoms with Gasteiger partial charge in [-0.2, -0.15) is 0 Å². The number of piperidine rings is 1. The van der Waals surface area contributed by atoms with Crippen molar-refractivity contribution in [3.8, 4) is 5.75 Å². The van der Waals surface area contributed by atoms with E-state index >= 15 is 0 Å². The summed E-state index contributed by atoms with van der Waals surface area (Å²) in [6, 6.07) is 4.70. The zero-order chi connectivity index (χ0) is 14.9. The molecule has 21 heavy (non-hydrogen) atoms. The maximum absolute atomic E-state index is 12.5. The molecule has 1 aliphatic carbocycles. The minimum Gasteiger partial charge on any atom is -0.506 e. The molecule has 1 heterocycles. The highest BCUT2D eigenvalue weighted by Crippen LogP contribution is 2.44. The van der Waals surface area contributed by atoms with Crippen LogP contribution in [0.25, 0.3) is 0 Å². The Morgan fingerprint density at radius 2 is 1.76 bits per heavy atom. The number of phenolic OH excluding ortho intramolecular Hbond substituents is 1. The van der Waals surface area contributed by atoms with Crippen molar-refractivity contribution in [2.45, 2.75) is 44.9 Å². The normalized spacial score (nSPS) is 21.5. The molecule has 1 N–H and O–H groups in total. The summed E-state index contributed by atoms with van der Waals surface area (Å²) >= 11 is 5.89. The zero-order valence-corrected chi connectivity index (χ0v) is 13.0. The van der Waals surface area contributed by atoms with Gasteiger partial charge >= 0.3 is 0 Å². The van der Waals surface area contributed by atoms with Crippen molar-refractivity contribution >= 4 is 17.5 Å². The number of nitrogens with zero attached hydrogens (tertiary/aromatic N) is 1. The van der Waals surface area contributed by atoms with Crippen LogP contribution in [0.3, 0.4) is 0 Å². The van der Waals surface area contributed by atoms with E-state index in [4.69, 9.17) is 11.6 Å². The summed E-state index contributed by atoms with van der Waals surface area (Å²) in [5.74, 6) is 0.0515. The van der Waals surface area contributed by atoms with Crippen LogP contribution in [-0.4, -0.2) is 29.0 Å². The molecule has 0 radical (unpaired) electrons. The lowest BCUT2D eigenvalue weighted by atomic mass is 9.68. The molecule has 0 atom stereocenters. The summed E-state index contributed by atoms with van der Waals surface area (Å²) in [6.07, 6.45) is 8.99. The maximum Gasteiger partial charge on any atom is 0.253 e. The van der Waals surface area contributed by atoms with Gasteiger partial charge in [-0.3, -0.25) is 4.79 Å². The average molecular weight is 308 g/mol. The van der Waals surface area contributed by atoms with E-state index in [0.29, 0.717) is 11.0 Å². The number of phenols is 1. The van der Waals surface area contributed by atoms with Gasteiger partial charge in [-0.05, 0) is 49.3 Å². The fourth-order valence-electron chi connectivity index (χ4n) is 3.81. The Labute approximate surface area is 130 Å². The Balaban J connectivity index is 1.65. The fourth-order valence-corrected chi connectivity index (χ4v) is 3.99.